The second kappa shape index (κ2) is 5.31. The molecule has 0 N–H and O–H groups in total. The summed E-state index contributed by atoms with van der Waals surface area (Å²) in [6.07, 6.45) is 3.65. The minimum atomic E-state index is 0.0984. The molecule has 2 rings (SSSR count). The van der Waals surface area contributed by atoms with E-state index in [4.69, 9.17) is 11.6 Å². The Morgan fingerprint density at radius 2 is 2.11 bits per heavy atom. The van der Waals surface area contributed by atoms with E-state index in [-0.39, 0.29) is 11.3 Å². The van der Waals surface area contributed by atoms with E-state index in [0.717, 1.165) is 37.2 Å². The van der Waals surface area contributed by atoms with E-state index in [9.17, 15) is 4.79 Å². The lowest BCUT2D eigenvalue weighted by molar-refractivity contribution is 0.0689. The van der Waals surface area contributed by atoms with E-state index in [1.165, 1.54) is 0 Å². The molecule has 1 aromatic heterocycles. The van der Waals surface area contributed by atoms with E-state index in [1.54, 1.807) is 10.9 Å². The van der Waals surface area contributed by atoms with Crippen LogP contribution in [-0.4, -0.2) is 39.1 Å². The maximum absolute atomic E-state index is 12.4. The molecule has 1 atom stereocenters. The van der Waals surface area contributed by atoms with Gasteiger partial charge in [0, 0.05) is 31.2 Å². The van der Waals surface area contributed by atoms with Crippen LogP contribution < -0.4 is 0 Å². The van der Waals surface area contributed by atoms with Crippen molar-refractivity contribution in [2.24, 2.45) is 13.0 Å². The second-order valence-corrected chi connectivity index (χ2v) is 5.76. The fraction of sp³-hybridized carbons (Fsp3) is 0.692. The minimum Gasteiger partial charge on any atom is -0.339 e. The first-order valence-electron chi connectivity index (χ1n) is 6.42. The number of rotatable bonds is 2. The number of piperidine rings is 1. The van der Waals surface area contributed by atoms with Gasteiger partial charge < -0.3 is 4.90 Å². The van der Waals surface area contributed by atoms with Crippen LogP contribution in [0, 0.1) is 12.8 Å². The maximum Gasteiger partial charge on any atom is 0.257 e. The molecular weight excluding hydrogens is 250 g/mol. The summed E-state index contributed by atoms with van der Waals surface area (Å²) in [4.78, 5) is 14.3. The van der Waals surface area contributed by atoms with Gasteiger partial charge in [-0.2, -0.15) is 5.10 Å². The summed E-state index contributed by atoms with van der Waals surface area (Å²) in [5.74, 6) is 0.631. The smallest absolute Gasteiger partial charge is 0.257 e. The number of hydrogen-bond donors (Lipinski definition) is 0. The fourth-order valence-electron chi connectivity index (χ4n) is 2.44. The van der Waals surface area contributed by atoms with Gasteiger partial charge in [0.15, 0.2) is 0 Å². The molecule has 2 heterocycles. The Kier molecular flexibility index (Phi) is 3.95. The number of amides is 1. The Labute approximate surface area is 113 Å². The molecule has 1 fully saturated rings. The number of carbonyl (C=O) groups is 1. The van der Waals surface area contributed by atoms with Gasteiger partial charge in [0.1, 0.15) is 0 Å². The Bertz CT molecular complexity index is 433. The van der Waals surface area contributed by atoms with E-state index >= 15 is 0 Å². The third-order valence-electron chi connectivity index (χ3n) is 3.94. The molecule has 5 heteroatoms. The van der Waals surface area contributed by atoms with Crippen molar-refractivity contribution in [3.8, 4) is 0 Å². The third kappa shape index (κ3) is 2.53. The molecule has 0 saturated carbocycles. The quantitative estimate of drug-likeness (QED) is 0.772. The molecule has 1 aliphatic rings. The zero-order valence-corrected chi connectivity index (χ0v) is 11.9. The highest BCUT2D eigenvalue weighted by Gasteiger charge is 2.27. The van der Waals surface area contributed by atoms with Crippen molar-refractivity contribution in [2.45, 2.75) is 32.1 Å². The van der Waals surface area contributed by atoms with Crippen LogP contribution in [0.2, 0.25) is 0 Å². The first kappa shape index (κ1) is 13.4. The summed E-state index contributed by atoms with van der Waals surface area (Å²) < 4.78 is 1.74. The number of hydrogen-bond acceptors (Lipinski definition) is 2. The van der Waals surface area contributed by atoms with Crippen LogP contribution in [0.5, 0.6) is 0 Å². The molecule has 1 unspecified atom stereocenters. The maximum atomic E-state index is 12.4. The lowest BCUT2D eigenvalue weighted by atomic mass is 9.93. The number of aromatic nitrogens is 2. The van der Waals surface area contributed by atoms with Crippen LogP contribution in [0.15, 0.2) is 6.20 Å². The van der Waals surface area contributed by atoms with E-state index in [0.29, 0.717) is 5.92 Å². The number of likely N-dealkylation sites (tertiary alicyclic amines) is 1. The number of carbonyl (C=O) groups excluding carboxylic acids is 1. The Hall–Kier alpha value is -1.03. The summed E-state index contributed by atoms with van der Waals surface area (Å²) in [6.45, 7) is 5.56. The van der Waals surface area contributed by atoms with Crippen molar-refractivity contribution in [3.05, 3.63) is 17.5 Å². The molecule has 0 bridgehead atoms. The molecule has 100 valence electrons. The van der Waals surface area contributed by atoms with Gasteiger partial charge in [0.25, 0.3) is 5.91 Å². The van der Waals surface area contributed by atoms with E-state index < -0.39 is 0 Å². The van der Waals surface area contributed by atoms with Gasteiger partial charge in [-0.25, -0.2) is 0 Å². The summed E-state index contributed by atoms with van der Waals surface area (Å²) in [5, 5.41) is 4.32. The van der Waals surface area contributed by atoms with E-state index in [1.807, 2.05) is 25.8 Å². The third-order valence-corrected chi connectivity index (χ3v) is 4.30. The Morgan fingerprint density at radius 3 is 2.56 bits per heavy atom. The molecular formula is C13H20ClN3O. The lowest BCUT2D eigenvalue weighted by Gasteiger charge is -2.33. The van der Waals surface area contributed by atoms with Crippen LogP contribution in [0.25, 0.3) is 0 Å². The van der Waals surface area contributed by atoms with Crippen molar-refractivity contribution in [1.29, 1.82) is 0 Å². The van der Waals surface area contributed by atoms with Crippen LogP contribution >= 0.6 is 11.6 Å². The summed E-state index contributed by atoms with van der Waals surface area (Å²) in [7, 11) is 1.85. The first-order valence-corrected chi connectivity index (χ1v) is 6.86. The SMILES string of the molecule is Cc1c(C(=O)N2CCC(C(C)Cl)CC2)cnn1C. The summed E-state index contributed by atoms with van der Waals surface area (Å²) in [6, 6.07) is 0. The molecule has 4 nitrogen and oxygen atoms in total. The van der Waals surface area contributed by atoms with Gasteiger partial charge in [-0.1, -0.05) is 0 Å². The minimum absolute atomic E-state index is 0.0984. The second-order valence-electron chi connectivity index (χ2n) is 5.07. The zero-order chi connectivity index (χ0) is 13.3. The average Bonchev–Trinajstić information content (AvgIpc) is 2.69. The van der Waals surface area contributed by atoms with Crippen LogP contribution in [0.3, 0.4) is 0 Å². The molecule has 1 saturated heterocycles. The molecule has 0 aromatic carbocycles. The Morgan fingerprint density at radius 1 is 1.50 bits per heavy atom. The highest BCUT2D eigenvalue weighted by molar-refractivity contribution is 6.20. The van der Waals surface area contributed by atoms with Gasteiger partial charge in [0.05, 0.1) is 11.8 Å². The topological polar surface area (TPSA) is 38.1 Å². The summed E-state index contributed by atoms with van der Waals surface area (Å²) in [5.41, 5.74) is 1.64. The molecule has 0 aliphatic carbocycles. The number of nitrogens with zero attached hydrogens (tertiary/aromatic N) is 3. The highest BCUT2D eigenvalue weighted by atomic mass is 35.5. The normalized spacial score (nSPS) is 19.0. The molecule has 1 amide bonds. The molecule has 1 aromatic rings. The monoisotopic (exact) mass is 269 g/mol. The number of aryl methyl sites for hydroxylation is 1. The van der Waals surface area contributed by atoms with E-state index in [2.05, 4.69) is 5.10 Å². The van der Waals surface area contributed by atoms with Crippen molar-refractivity contribution < 1.29 is 4.79 Å². The standard InChI is InChI=1S/C13H20ClN3O/c1-9(14)11-4-6-17(7-5-11)13(18)12-8-15-16(3)10(12)2/h8-9,11H,4-7H2,1-3H3. The Balaban J connectivity index is 2.02. The van der Waals surface area contributed by atoms with Crippen molar-refractivity contribution in [2.75, 3.05) is 13.1 Å². The highest BCUT2D eigenvalue weighted by Crippen LogP contribution is 2.25. The molecule has 0 spiro atoms. The first-order chi connectivity index (χ1) is 8.50. The van der Waals surface area contributed by atoms with Crippen molar-refractivity contribution >= 4 is 17.5 Å². The van der Waals surface area contributed by atoms with Gasteiger partial charge >= 0.3 is 0 Å². The molecule has 0 radical (unpaired) electrons. The van der Waals surface area contributed by atoms with Gasteiger partial charge in [-0.15, -0.1) is 11.6 Å². The fourth-order valence-corrected chi connectivity index (χ4v) is 2.69. The molecule has 1 aliphatic heterocycles. The van der Waals surface area contributed by atoms with Crippen LogP contribution in [0.4, 0.5) is 0 Å². The number of alkyl halides is 1. The average molecular weight is 270 g/mol. The largest absolute Gasteiger partial charge is 0.339 e. The van der Waals surface area contributed by atoms with Crippen LogP contribution in [0.1, 0.15) is 35.8 Å². The van der Waals surface area contributed by atoms with Gasteiger partial charge in [0.2, 0.25) is 0 Å². The zero-order valence-electron chi connectivity index (χ0n) is 11.2. The predicted octanol–water partition coefficient (Wildman–Crippen LogP) is 2.21. The lowest BCUT2D eigenvalue weighted by Crippen LogP contribution is -2.40. The summed E-state index contributed by atoms with van der Waals surface area (Å²) >= 11 is 6.11. The van der Waals surface area contributed by atoms with Crippen molar-refractivity contribution in [3.63, 3.8) is 0 Å². The van der Waals surface area contributed by atoms with Crippen LogP contribution in [-0.2, 0) is 7.05 Å². The van der Waals surface area contributed by atoms with Gasteiger partial charge in [-0.05, 0) is 32.6 Å². The number of halogens is 1. The van der Waals surface area contributed by atoms with Crippen molar-refractivity contribution in [1.82, 2.24) is 14.7 Å². The predicted molar refractivity (Wildman–Crippen MR) is 71.9 cm³/mol. The van der Waals surface area contributed by atoms with Gasteiger partial charge in [-0.3, -0.25) is 9.48 Å². The molecule has 18 heavy (non-hydrogen) atoms.